The summed E-state index contributed by atoms with van der Waals surface area (Å²) in [5.41, 5.74) is 0. The first-order chi connectivity index (χ1) is 3.80. The van der Waals surface area contributed by atoms with Crippen LogP contribution < -0.4 is 0 Å². The zero-order valence-corrected chi connectivity index (χ0v) is 5.35. The molecule has 0 aliphatic heterocycles. The molecule has 6 heteroatoms. The van der Waals surface area contributed by atoms with E-state index in [1.165, 1.54) is 5.38 Å². The minimum atomic E-state index is -2.52. The van der Waals surface area contributed by atoms with Crippen molar-refractivity contribution in [3.8, 4) is 0 Å². The summed E-state index contributed by atoms with van der Waals surface area (Å²) in [6, 6.07) is 0. The third-order valence-electron chi connectivity index (χ3n) is 0.536. The summed E-state index contributed by atoms with van der Waals surface area (Å²) in [6.07, 6.45) is 0. The minimum Gasteiger partial charge on any atom is -0.225 e. The van der Waals surface area contributed by atoms with Crippen LogP contribution in [-0.2, 0) is 10.7 Å². The monoisotopic (exact) mass is 150 g/mol. The molecular formula is C2H2N2O2S2. The molecule has 1 aromatic rings. The molecule has 1 aromatic heterocycles. The molecule has 0 bridgehead atoms. The first-order valence-electron chi connectivity index (χ1n) is 1.72. The molecule has 0 radical (unpaired) electrons. The number of aromatic nitrogens is 2. The molecule has 0 aliphatic rings. The topological polar surface area (TPSA) is 59.9 Å². The van der Waals surface area contributed by atoms with Gasteiger partial charge in [0.15, 0.2) is 15.7 Å². The van der Waals surface area contributed by atoms with Gasteiger partial charge in [0.2, 0.25) is 0 Å². The van der Waals surface area contributed by atoms with Crippen molar-refractivity contribution in [1.82, 2.24) is 9.59 Å². The Morgan fingerprint density at radius 1 is 1.62 bits per heavy atom. The predicted octanol–water partition coefficient (Wildman–Crippen LogP) is -0.492. The maximum Gasteiger partial charge on any atom is 0.188 e. The van der Waals surface area contributed by atoms with Crippen LogP contribution in [0.5, 0.6) is 0 Å². The highest BCUT2D eigenvalue weighted by atomic mass is 32.2. The second kappa shape index (κ2) is 2.19. The van der Waals surface area contributed by atoms with Crippen LogP contribution in [0.15, 0.2) is 10.4 Å². The summed E-state index contributed by atoms with van der Waals surface area (Å²) >= 11 is 1.02. The van der Waals surface area contributed by atoms with E-state index in [0.717, 1.165) is 11.5 Å². The van der Waals surface area contributed by atoms with E-state index in [4.69, 9.17) is 0 Å². The van der Waals surface area contributed by atoms with Crippen LogP contribution in [0.3, 0.4) is 0 Å². The molecule has 0 fully saturated rings. The number of rotatable bonds is 1. The lowest BCUT2D eigenvalue weighted by Gasteiger charge is -1.67. The quantitative estimate of drug-likeness (QED) is 0.549. The van der Waals surface area contributed by atoms with E-state index in [1.807, 2.05) is 0 Å². The fraction of sp³-hybridized carbons (Fsp3) is 0. The average molecular weight is 150 g/mol. The summed E-state index contributed by atoms with van der Waals surface area (Å²) in [6.45, 7) is 0. The van der Waals surface area contributed by atoms with E-state index >= 15 is 0 Å². The Hall–Kier alpha value is -0.490. The Morgan fingerprint density at radius 3 is 2.62 bits per heavy atom. The number of hydrogen-bond acceptors (Lipinski definition) is 5. The van der Waals surface area contributed by atoms with Gasteiger partial charge < -0.3 is 0 Å². The molecule has 44 valence electrons. The molecule has 0 N–H and O–H groups in total. The second-order valence-corrected chi connectivity index (χ2v) is 2.60. The van der Waals surface area contributed by atoms with Gasteiger partial charge in [-0.05, 0) is 11.5 Å². The van der Waals surface area contributed by atoms with E-state index in [1.54, 1.807) is 0 Å². The molecule has 0 aliphatic carbocycles. The Balaban J connectivity index is 3.11. The Labute approximate surface area is 51.3 Å². The summed E-state index contributed by atoms with van der Waals surface area (Å²) in [5, 5.41) is 4.72. The van der Waals surface area contributed by atoms with E-state index in [9.17, 15) is 8.42 Å². The Kier molecular flexibility index (Phi) is 1.54. The van der Waals surface area contributed by atoms with Crippen molar-refractivity contribution >= 4 is 22.2 Å². The first-order valence-corrected chi connectivity index (χ1v) is 3.73. The van der Waals surface area contributed by atoms with Crippen molar-refractivity contribution in [3.05, 3.63) is 5.38 Å². The summed E-state index contributed by atoms with van der Waals surface area (Å²) in [7, 11) is -2.52. The molecule has 1 rings (SSSR count). The molecule has 0 atom stereocenters. The largest absolute Gasteiger partial charge is 0.225 e. The highest BCUT2D eigenvalue weighted by Crippen LogP contribution is 1.95. The summed E-state index contributed by atoms with van der Waals surface area (Å²) < 4.78 is 23.4. The van der Waals surface area contributed by atoms with Gasteiger partial charge in [0.05, 0.1) is 5.38 Å². The Bertz CT molecular complexity index is 218. The van der Waals surface area contributed by atoms with Crippen LogP contribution in [0.2, 0.25) is 0 Å². The van der Waals surface area contributed by atoms with E-state index in [0.29, 0.717) is 0 Å². The van der Waals surface area contributed by atoms with Gasteiger partial charge in [-0.2, -0.15) is 0 Å². The third-order valence-corrected chi connectivity index (χ3v) is 1.81. The van der Waals surface area contributed by atoms with Gasteiger partial charge in [0, 0.05) is 0 Å². The Morgan fingerprint density at radius 2 is 2.38 bits per heavy atom. The van der Waals surface area contributed by atoms with Crippen molar-refractivity contribution in [2.24, 2.45) is 0 Å². The number of hydrogen-bond donors (Lipinski definition) is 1. The lowest BCUT2D eigenvalue weighted by Crippen LogP contribution is -1.77. The average Bonchev–Trinajstić information content (AvgIpc) is 2.12. The zero-order chi connectivity index (χ0) is 5.98. The molecule has 0 saturated carbocycles. The van der Waals surface area contributed by atoms with Gasteiger partial charge in [0.25, 0.3) is 0 Å². The van der Waals surface area contributed by atoms with Gasteiger partial charge in [0.1, 0.15) is 0 Å². The van der Waals surface area contributed by atoms with Crippen LogP contribution in [0.1, 0.15) is 0 Å². The normalized spacial score (nSPS) is 10.1. The van der Waals surface area contributed by atoms with E-state index in [-0.39, 0.29) is 5.03 Å². The van der Waals surface area contributed by atoms with Crippen molar-refractivity contribution in [1.29, 1.82) is 0 Å². The van der Waals surface area contributed by atoms with Crippen LogP contribution in [0.4, 0.5) is 0 Å². The fourth-order valence-electron chi connectivity index (χ4n) is 0.239. The molecule has 0 saturated heterocycles. The molecule has 0 amide bonds. The number of nitrogens with zero attached hydrogens (tertiary/aromatic N) is 2. The third kappa shape index (κ3) is 1.01. The maximum atomic E-state index is 10.0. The lowest BCUT2D eigenvalue weighted by molar-refractivity contribution is 0.611. The van der Waals surface area contributed by atoms with Gasteiger partial charge in [-0.15, -0.1) is 5.10 Å². The second-order valence-electron chi connectivity index (χ2n) is 1.02. The van der Waals surface area contributed by atoms with Crippen LogP contribution in [0, 0.1) is 0 Å². The first kappa shape index (κ1) is 5.64. The highest BCUT2D eigenvalue weighted by molar-refractivity contribution is 7.72. The van der Waals surface area contributed by atoms with Crippen molar-refractivity contribution in [3.63, 3.8) is 0 Å². The molecule has 0 spiro atoms. The standard InChI is InChI=1S/C2H2N2O2S2/c5-8(6)2-1-7-4-3-2/h1,8H. The van der Waals surface area contributed by atoms with Gasteiger partial charge in [-0.1, -0.05) is 4.49 Å². The number of thiol groups is 1. The molecule has 0 aromatic carbocycles. The molecule has 1 heterocycles. The van der Waals surface area contributed by atoms with Crippen molar-refractivity contribution < 1.29 is 8.42 Å². The lowest BCUT2D eigenvalue weighted by atomic mass is 11.0. The summed E-state index contributed by atoms with van der Waals surface area (Å²) in [5.74, 6) is 0. The maximum absolute atomic E-state index is 10.0. The predicted molar refractivity (Wildman–Crippen MR) is 28.5 cm³/mol. The van der Waals surface area contributed by atoms with Crippen molar-refractivity contribution in [2.45, 2.75) is 5.03 Å². The van der Waals surface area contributed by atoms with Gasteiger partial charge >= 0.3 is 0 Å². The van der Waals surface area contributed by atoms with Crippen LogP contribution in [0.25, 0.3) is 0 Å². The fourth-order valence-corrected chi connectivity index (χ4v) is 1.23. The smallest absolute Gasteiger partial charge is 0.188 e. The molecule has 0 unspecified atom stereocenters. The van der Waals surface area contributed by atoms with Crippen molar-refractivity contribution in [2.75, 3.05) is 0 Å². The molecular weight excluding hydrogens is 148 g/mol. The van der Waals surface area contributed by atoms with Crippen LogP contribution in [-0.4, -0.2) is 18.0 Å². The molecule has 4 nitrogen and oxygen atoms in total. The van der Waals surface area contributed by atoms with Gasteiger partial charge in [-0.3, -0.25) is 0 Å². The van der Waals surface area contributed by atoms with Crippen LogP contribution >= 0.6 is 11.5 Å². The SMILES string of the molecule is O=[SH](=O)c1csnn1. The summed E-state index contributed by atoms with van der Waals surface area (Å²) in [4.78, 5) is 0. The van der Waals surface area contributed by atoms with E-state index < -0.39 is 10.7 Å². The zero-order valence-electron chi connectivity index (χ0n) is 3.64. The highest BCUT2D eigenvalue weighted by Gasteiger charge is 1.93. The van der Waals surface area contributed by atoms with Gasteiger partial charge in [-0.25, -0.2) is 8.42 Å². The minimum absolute atomic E-state index is 0.0463. The molecule has 8 heavy (non-hydrogen) atoms. The van der Waals surface area contributed by atoms with E-state index in [2.05, 4.69) is 9.59 Å².